The monoisotopic (exact) mass is 369 g/mol. The van der Waals surface area contributed by atoms with Crippen molar-refractivity contribution < 1.29 is 9.47 Å². The van der Waals surface area contributed by atoms with Gasteiger partial charge in [0.1, 0.15) is 6.10 Å². The SMILES string of the molecule is COc1ccc2c3c1OC1C(SC)C=C[C@H]4[C@@H](C2)N(CC2CC2)CC[C@]314. The van der Waals surface area contributed by atoms with Crippen LogP contribution in [0.15, 0.2) is 24.3 Å². The average Bonchev–Trinajstić information content (AvgIpc) is 3.41. The second-order valence-electron chi connectivity index (χ2n) is 8.78. The highest BCUT2D eigenvalue weighted by molar-refractivity contribution is 7.99. The van der Waals surface area contributed by atoms with Gasteiger partial charge in [-0.2, -0.15) is 11.8 Å². The van der Waals surface area contributed by atoms with Gasteiger partial charge in [0.25, 0.3) is 0 Å². The second kappa shape index (κ2) is 5.45. The standard InChI is InChI=1S/C22H27NO2S/c1-24-17-7-5-14-11-16-15-6-8-18(26-2)21-22(15,19(14)20(17)25-21)9-10-23(16)12-13-3-4-13/h5-8,13,15-16,18,21H,3-4,9-12H2,1-2H3/t15-,16+,18?,21?,22-/m0/s1. The molecule has 4 heteroatoms. The fourth-order valence-electron chi connectivity index (χ4n) is 6.32. The third kappa shape index (κ3) is 1.90. The lowest BCUT2D eigenvalue weighted by Crippen LogP contribution is -2.65. The third-order valence-corrected chi connectivity index (χ3v) is 8.58. The van der Waals surface area contributed by atoms with E-state index in [2.05, 4.69) is 35.4 Å². The van der Waals surface area contributed by atoms with Crippen molar-refractivity contribution in [2.24, 2.45) is 11.8 Å². The van der Waals surface area contributed by atoms with Gasteiger partial charge in [0.2, 0.25) is 0 Å². The van der Waals surface area contributed by atoms with E-state index in [1.807, 2.05) is 11.8 Å². The minimum absolute atomic E-state index is 0.157. The molecule has 2 fully saturated rings. The van der Waals surface area contributed by atoms with Crippen molar-refractivity contribution in [3.05, 3.63) is 35.4 Å². The topological polar surface area (TPSA) is 21.7 Å². The van der Waals surface area contributed by atoms with E-state index in [4.69, 9.17) is 9.47 Å². The van der Waals surface area contributed by atoms with E-state index < -0.39 is 0 Å². The molecule has 3 aliphatic carbocycles. The van der Waals surface area contributed by atoms with Gasteiger partial charge < -0.3 is 9.47 Å². The molecule has 0 radical (unpaired) electrons. The minimum atomic E-state index is 0.157. The van der Waals surface area contributed by atoms with Crippen LogP contribution in [0.1, 0.15) is 30.4 Å². The summed E-state index contributed by atoms with van der Waals surface area (Å²) in [7, 11) is 1.77. The van der Waals surface area contributed by atoms with Crippen LogP contribution < -0.4 is 9.47 Å². The smallest absolute Gasteiger partial charge is 0.165 e. The molecule has 1 aromatic rings. The molecular weight excluding hydrogens is 342 g/mol. The van der Waals surface area contributed by atoms with Crippen LogP contribution in [0.5, 0.6) is 11.5 Å². The summed E-state index contributed by atoms with van der Waals surface area (Å²) >= 11 is 1.93. The Bertz CT molecular complexity index is 789. The van der Waals surface area contributed by atoms with Crippen molar-refractivity contribution in [2.45, 2.75) is 48.5 Å². The first-order chi connectivity index (χ1) is 12.8. The largest absolute Gasteiger partial charge is 0.493 e. The van der Waals surface area contributed by atoms with Crippen LogP contribution in [-0.2, 0) is 11.8 Å². The molecule has 1 aromatic carbocycles. The molecule has 138 valence electrons. The van der Waals surface area contributed by atoms with Crippen molar-refractivity contribution in [3.63, 3.8) is 0 Å². The normalized spacial score (nSPS) is 39.5. The summed E-state index contributed by atoms with van der Waals surface area (Å²) in [6, 6.07) is 5.09. The Labute approximate surface area is 160 Å². The summed E-state index contributed by atoms with van der Waals surface area (Å²) < 4.78 is 12.4. The van der Waals surface area contributed by atoms with Crippen LogP contribution in [0.3, 0.4) is 0 Å². The van der Waals surface area contributed by atoms with Crippen LogP contribution in [0.4, 0.5) is 0 Å². The van der Waals surface area contributed by atoms with E-state index in [9.17, 15) is 0 Å². The Morgan fingerprint density at radius 2 is 2.19 bits per heavy atom. The Kier molecular flexibility index (Phi) is 3.33. The van der Waals surface area contributed by atoms with Crippen LogP contribution in [0.2, 0.25) is 0 Å². The van der Waals surface area contributed by atoms with Gasteiger partial charge in [0.15, 0.2) is 11.5 Å². The Hall–Kier alpha value is -1.13. The number of piperidine rings is 1. The molecule has 0 aromatic heterocycles. The predicted octanol–water partition coefficient (Wildman–Crippen LogP) is 3.65. The number of nitrogens with zero attached hydrogens (tertiary/aromatic N) is 1. The zero-order valence-electron chi connectivity index (χ0n) is 15.6. The first kappa shape index (κ1) is 15.9. The fraction of sp³-hybridized carbons (Fsp3) is 0.636. The van der Waals surface area contributed by atoms with Crippen molar-refractivity contribution in [3.8, 4) is 11.5 Å². The highest BCUT2D eigenvalue weighted by Gasteiger charge is 2.64. The molecular formula is C22H27NO2S. The van der Waals surface area contributed by atoms with Crippen molar-refractivity contribution in [1.29, 1.82) is 0 Å². The number of hydrogen-bond acceptors (Lipinski definition) is 4. The maximum atomic E-state index is 6.72. The molecule has 26 heavy (non-hydrogen) atoms. The number of benzene rings is 1. The lowest BCUT2D eigenvalue weighted by molar-refractivity contribution is -0.00949. The number of hydrogen-bond donors (Lipinski definition) is 0. The second-order valence-corrected chi connectivity index (χ2v) is 9.80. The molecule has 0 N–H and O–H groups in total. The van der Waals surface area contributed by atoms with E-state index >= 15 is 0 Å². The molecule has 3 nitrogen and oxygen atoms in total. The van der Waals surface area contributed by atoms with Crippen LogP contribution in [0, 0.1) is 11.8 Å². The summed E-state index contributed by atoms with van der Waals surface area (Å²) in [6.07, 6.45) is 12.7. The van der Waals surface area contributed by atoms with Crippen LogP contribution >= 0.6 is 11.8 Å². The quantitative estimate of drug-likeness (QED) is 0.755. The highest BCUT2D eigenvalue weighted by atomic mass is 32.2. The maximum absolute atomic E-state index is 6.72. The van der Waals surface area contributed by atoms with E-state index in [1.54, 1.807) is 7.11 Å². The summed E-state index contributed by atoms with van der Waals surface area (Å²) in [5, 5.41) is 0.435. The molecule has 2 heterocycles. The molecule has 1 saturated heterocycles. The van der Waals surface area contributed by atoms with Crippen molar-refractivity contribution >= 4 is 11.8 Å². The minimum Gasteiger partial charge on any atom is -0.493 e. The molecule has 2 unspecified atom stereocenters. The molecule has 2 aliphatic heterocycles. The van der Waals surface area contributed by atoms with E-state index in [0.717, 1.165) is 23.8 Å². The van der Waals surface area contributed by atoms with Gasteiger partial charge in [-0.1, -0.05) is 18.2 Å². The fourth-order valence-corrected chi connectivity index (χ4v) is 7.12. The van der Waals surface area contributed by atoms with Gasteiger partial charge in [-0.05, 0) is 56.0 Å². The summed E-state index contributed by atoms with van der Waals surface area (Å²) in [4.78, 5) is 2.82. The highest BCUT2D eigenvalue weighted by Crippen LogP contribution is 2.63. The molecule has 1 spiro atoms. The molecule has 6 rings (SSSR count). The van der Waals surface area contributed by atoms with Gasteiger partial charge in [0, 0.05) is 29.5 Å². The zero-order valence-corrected chi connectivity index (χ0v) is 16.4. The molecule has 1 saturated carbocycles. The van der Waals surface area contributed by atoms with Crippen molar-refractivity contribution in [2.75, 3.05) is 26.5 Å². The van der Waals surface area contributed by atoms with Gasteiger partial charge in [-0.25, -0.2) is 0 Å². The molecule has 5 atom stereocenters. The van der Waals surface area contributed by atoms with Crippen LogP contribution in [0.25, 0.3) is 0 Å². The Balaban J connectivity index is 1.53. The number of ether oxygens (including phenoxy) is 2. The van der Waals surface area contributed by atoms with E-state index in [0.29, 0.717) is 17.2 Å². The third-order valence-electron chi connectivity index (χ3n) is 7.63. The molecule has 5 aliphatic rings. The summed E-state index contributed by atoms with van der Waals surface area (Å²) in [6.45, 7) is 2.53. The number of methoxy groups -OCH3 is 1. The number of likely N-dealkylation sites (tertiary alicyclic amines) is 1. The number of thioether (sulfide) groups is 1. The number of rotatable bonds is 4. The maximum Gasteiger partial charge on any atom is 0.165 e. The Morgan fingerprint density at radius 3 is 2.96 bits per heavy atom. The van der Waals surface area contributed by atoms with E-state index in [-0.39, 0.29) is 11.5 Å². The lowest BCUT2D eigenvalue weighted by atomic mass is 9.53. The Morgan fingerprint density at radius 1 is 1.31 bits per heavy atom. The van der Waals surface area contributed by atoms with Crippen LogP contribution in [-0.4, -0.2) is 48.8 Å². The molecule has 0 amide bonds. The summed E-state index contributed by atoms with van der Waals surface area (Å²) in [5.41, 5.74) is 3.17. The lowest BCUT2D eigenvalue weighted by Gasteiger charge is -2.57. The average molecular weight is 370 g/mol. The van der Waals surface area contributed by atoms with E-state index in [1.165, 1.54) is 43.5 Å². The first-order valence-corrected chi connectivity index (χ1v) is 11.4. The van der Waals surface area contributed by atoms with Crippen molar-refractivity contribution in [1.82, 2.24) is 4.90 Å². The summed E-state index contributed by atoms with van der Waals surface area (Å²) in [5.74, 6) is 3.52. The zero-order chi connectivity index (χ0) is 17.5. The molecule has 2 bridgehead atoms. The van der Waals surface area contributed by atoms with Gasteiger partial charge in [0.05, 0.1) is 12.4 Å². The van der Waals surface area contributed by atoms with Gasteiger partial charge in [-0.15, -0.1) is 0 Å². The predicted molar refractivity (Wildman–Crippen MR) is 105 cm³/mol. The van der Waals surface area contributed by atoms with Gasteiger partial charge >= 0.3 is 0 Å². The first-order valence-electron chi connectivity index (χ1n) is 10.1. The van der Waals surface area contributed by atoms with Gasteiger partial charge in [-0.3, -0.25) is 4.90 Å².